The maximum Gasteiger partial charge on any atom is 0.123 e. The molecule has 0 aromatic carbocycles. The zero-order valence-corrected chi connectivity index (χ0v) is 32.6. The van der Waals surface area contributed by atoms with Crippen LogP contribution >= 0.6 is 22.6 Å². The lowest BCUT2D eigenvalue weighted by molar-refractivity contribution is -0.170. The van der Waals surface area contributed by atoms with E-state index in [-0.39, 0.29) is 17.3 Å². The summed E-state index contributed by atoms with van der Waals surface area (Å²) >= 11 is 2.60. The molecular weight excluding hydrogens is 669 g/mol. The molecule has 0 heterocycles. The van der Waals surface area contributed by atoms with Crippen molar-refractivity contribution >= 4 is 22.6 Å². The van der Waals surface area contributed by atoms with Crippen molar-refractivity contribution in [2.24, 2.45) is 34.5 Å². The van der Waals surface area contributed by atoms with Gasteiger partial charge < -0.3 is 0 Å². The molecule has 0 aliphatic heterocycles. The average molecular weight is 743 g/mol. The number of rotatable bonds is 20. The van der Waals surface area contributed by atoms with E-state index >= 15 is 8.78 Å². The molecule has 4 aliphatic carbocycles. The number of hydrogen-bond donors (Lipinski definition) is 0. The Labute approximate surface area is 293 Å². The Hall–Kier alpha value is 0.330. The molecule has 45 heavy (non-hydrogen) atoms. The maximum absolute atomic E-state index is 17.5. The van der Waals surface area contributed by atoms with Gasteiger partial charge in [-0.1, -0.05) is 178 Å². The molecule has 0 aromatic heterocycles. The van der Waals surface area contributed by atoms with E-state index in [2.05, 4.69) is 56.4 Å². The van der Waals surface area contributed by atoms with Crippen molar-refractivity contribution < 1.29 is 8.78 Å². The SMILES string of the molecule is CCCCCCCCCCCCCCCCCCC[C@@H](C)[C@@]1(F)CC[C@@]2(F)C3CC=C4CC(C(C)I)CCC4(C)[C@H]3CCC21C. The molecule has 0 aromatic rings. The van der Waals surface area contributed by atoms with E-state index in [0.29, 0.717) is 22.7 Å². The summed E-state index contributed by atoms with van der Waals surface area (Å²) in [4.78, 5) is 0. The third-order valence-electron chi connectivity index (χ3n) is 14.6. The van der Waals surface area contributed by atoms with E-state index in [0.717, 1.165) is 38.0 Å². The zero-order chi connectivity index (χ0) is 32.6. The minimum Gasteiger partial charge on any atom is -0.243 e. The lowest BCUT2D eigenvalue weighted by Crippen LogP contribution is -2.62. The summed E-state index contributed by atoms with van der Waals surface area (Å²) in [5.74, 6) is 1.11. The fourth-order valence-corrected chi connectivity index (χ4v) is 11.8. The van der Waals surface area contributed by atoms with Crippen LogP contribution in [0.15, 0.2) is 11.6 Å². The second-order valence-electron chi connectivity index (χ2n) is 17.2. The highest BCUT2D eigenvalue weighted by Gasteiger charge is 2.74. The molecule has 0 amide bonds. The first-order chi connectivity index (χ1) is 21.5. The highest BCUT2D eigenvalue weighted by atomic mass is 127. The van der Waals surface area contributed by atoms with Crippen molar-refractivity contribution in [3.8, 4) is 0 Å². The van der Waals surface area contributed by atoms with Gasteiger partial charge in [-0.2, -0.15) is 0 Å². The van der Waals surface area contributed by atoms with Crippen LogP contribution < -0.4 is 0 Å². The fourth-order valence-electron chi connectivity index (χ4n) is 11.2. The van der Waals surface area contributed by atoms with Gasteiger partial charge in [0.2, 0.25) is 0 Å². The number of halogens is 3. The molecule has 0 nitrogen and oxygen atoms in total. The van der Waals surface area contributed by atoms with Gasteiger partial charge in [-0.05, 0) is 81.0 Å². The highest BCUT2D eigenvalue weighted by molar-refractivity contribution is 14.1. The Kier molecular flexibility index (Phi) is 14.7. The summed E-state index contributed by atoms with van der Waals surface area (Å²) in [6.45, 7) is 11.3. The number of allylic oxidation sites excluding steroid dienone is 2. The van der Waals surface area contributed by atoms with Gasteiger partial charge >= 0.3 is 0 Å². The number of unbranched alkanes of at least 4 members (excludes halogenated alkanes) is 16. The molecule has 3 fully saturated rings. The van der Waals surface area contributed by atoms with E-state index in [1.807, 2.05) is 6.92 Å². The summed E-state index contributed by atoms with van der Waals surface area (Å²) in [6.07, 6.45) is 33.8. The first-order valence-corrected chi connectivity index (χ1v) is 21.5. The van der Waals surface area contributed by atoms with Crippen molar-refractivity contribution in [3.63, 3.8) is 0 Å². The standard InChI is InChI=1S/C42H73F2I/c1-6-7-8-9-10-11-12-13-14-15-16-17-18-19-20-21-22-23-33(2)41(43)30-31-42(44)38-25-24-36-32-35(34(3)45)26-28-39(36,4)37(38)27-29-40(41,42)5/h24,33-35,37-38H,6-23,25-32H2,1-5H3/t33-,34?,35?,37+,38?,39?,40?,41+,42-/m1/s1. The zero-order valence-electron chi connectivity index (χ0n) is 30.5. The monoisotopic (exact) mass is 742 g/mol. The number of alkyl halides is 3. The summed E-state index contributed by atoms with van der Waals surface area (Å²) < 4.78 is 35.5. The molecule has 0 saturated heterocycles. The smallest absolute Gasteiger partial charge is 0.123 e. The van der Waals surface area contributed by atoms with Crippen LogP contribution in [0.1, 0.15) is 202 Å². The summed E-state index contributed by atoms with van der Waals surface area (Å²) in [7, 11) is 0. The maximum atomic E-state index is 17.5. The normalized spacial score (nSPS) is 37.4. The van der Waals surface area contributed by atoms with Crippen LogP contribution in [-0.2, 0) is 0 Å². The summed E-state index contributed by atoms with van der Waals surface area (Å²) in [5.41, 5.74) is -1.80. The van der Waals surface area contributed by atoms with E-state index in [1.165, 1.54) is 122 Å². The van der Waals surface area contributed by atoms with Gasteiger partial charge in [0.25, 0.3) is 0 Å². The topological polar surface area (TPSA) is 0 Å². The molecular formula is C42H73F2I. The van der Waals surface area contributed by atoms with Gasteiger partial charge in [0.1, 0.15) is 11.3 Å². The largest absolute Gasteiger partial charge is 0.243 e. The number of fused-ring (bicyclic) bond motifs is 5. The molecule has 9 atom stereocenters. The molecule has 4 rings (SSSR count). The van der Waals surface area contributed by atoms with Crippen LogP contribution in [-0.4, -0.2) is 15.3 Å². The summed E-state index contributed by atoms with van der Waals surface area (Å²) in [6, 6.07) is 0. The Morgan fingerprint density at radius 1 is 0.711 bits per heavy atom. The minimum absolute atomic E-state index is 0.00344. The van der Waals surface area contributed by atoms with Crippen molar-refractivity contribution in [1.82, 2.24) is 0 Å². The average Bonchev–Trinajstić information content (AvgIpc) is 3.24. The van der Waals surface area contributed by atoms with Gasteiger partial charge in [0, 0.05) is 15.3 Å². The van der Waals surface area contributed by atoms with Crippen molar-refractivity contribution in [2.75, 3.05) is 0 Å². The first kappa shape index (κ1) is 38.1. The first-order valence-electron chi connectivity index (χ1n) is 20.2. The Morgan fingerprint density at radius 2 is 1.24 bits per heavy atom. The molecule has 4 aliphatic rings. The lowest BCUT2D eigenvalue weighted by Gasteiger charge is -2.61. The number of hydrogen-bond acceptors (Lipinski definition) is 0. The van der Waals surface area contributed by atoms with Crippen LogP contribution in [0.2, 0.25) is 0 Å². The predicted octanol–water partition coefficient (Wildman–Crippen LogP) is 14.9. The van der Waals surface area contributed by atoms with E-state index in [4.69, 9.17) is 0 Å². The van der Waals surface area contributed by atoms with Gasteiger partial charge in [0.05, 0.1) is 0 Å². The Balaban J connectivity index is 1.14. The molecule has 0 N–H and O–H groups in total. The highest BCUT2D eigenvalue weighted by Crippen LogP contribution is 2.72. The van der Waals surface area contributed by atoms with Gasteiger partial charge in [-0.25, -0.2) is 8.78 Å². The van der Waals surface area contributed by atoms with Gasteiger partial charge in [-0.15, -0.1) is 0 Å². The van der Waals surface area contributed by atoms with Crippen molar-refractivity contribution in [3.05, 3.63) is 11.6 Å². The minimum atomic E-state index is -1.36. The van der Waals surface area contributed by atoms with Gasteiger partial charge in [0.15, 0.2) is 0 Å². The quantitative estimate of drug-likeness (QED) is 0.0504. The Bertz CT molecular complexity index is 914. The second-order valence-corrected chi connectivity index (χ2v) is 19.2. The van der Waals surface area contributed by atoms with Crippen LogP contribution in [0.25, 0.3) is 0 Å². The third-order valence-corrected chi connectivity index (χ3v) is 15.6. The van der Waals surface area contributed by atoms with Crippen LogP contribution in [0.4, 0.5) is 8.78 Å². The third kappa shape index (κ3) is 8.38. The molecule has 3 saturated carbocycles. The van der Waals surface area contributed by atoms with E-state index < -0.39 is 16.8 Å². The van der Waals surface area contributed by atoms with E-state index in [9.17, 15) is 0 Å². The second kappa shape index (κ2) is 17.3. The van der Waals surface area contributed by atoms with Gasteiger partial charge in [-0.3, -0.25) is 0 Å². The van der Waals surface area contributed by atoms with Crippen LogP contribution in [0, 0.1) is 34.5 Å². The molecule has 262 valence electrons. The Morgan fingerprint density at radius 3 is 1.78 bits per heavy atom. The van der Waals surface area contributed by atoms with Crippen LogP contribution in [0.3, 0.4) is 0 Å². The lowest BCUT2D eigenvalue weighted by atomic mass is 9.45. The molecule has 0 radical (unpaired) electrons. The van der Waals surface area contributed by atoms with Crippen molar-refractivity contribution in [1.29, 1.82) is 0 Å². The van der Waals surface area contributed by atoms with E-state index in [1.54, 1.807) is 5.57 Å². The summed E-state index contributed by atoms with van der Waals surface area (Å²) in [5, 5.41) is 0. The molecule has 5 unspecified atom stereocenters. The molecule has 0 spiro atoms. The molecule has 0 bridgehead atoms. The van der Waals surface area contributed by atoms with Crippen molar-refractivity contribution in [2.45, 2.75) is 217 Å². The molecule has 3 heteroatoms. The van der Waals surface area contributed by atoms with Crippen LogP contribution in [0.5, 0.6) is 0 Å². The predicted molar refractivity (Wildman–Crippen MR) is 201 cm³/mol. The fraction of sp³-hybridized carbons (Fsp3) is 0.952.